The topological polar surface area (TPSA) is 94.5 Å². The van der Waals surface area contributed by atoms with Crippen molar-refractivity contribution in [3.63, 3.8) is 0 Å². The van der Waals surface area contributed by atoms with Gasteiger partial charge in [0.1, 0.15) is 5.75 Å². The molecule has 3 aromatic rings. The Kier molecular flexibility index (Phi) is 5.68. The molecule has 0 radical (unpaired) electrons. The minimum absolute atomic E-state index is 0.399. The number of aromatic nitrogens is 1. The summed E-state index contributed by atoms with van der Waals surface area (Å²) in [6.07, 6.45) is 5.82. The van der Waals surface area contributed by atoms with Crippen LogP contribution in [-0.2, 0) is 17.8 Å². The molecule has 146 valence electrons. The number of carbonyl (C=O) groups excluding carboxylic acids is 1. The van der Waals surface area contributed by atoms with Crippen LogP contribution in [0.1, 0.15) is 36.2 Å². The Morgan fingerprint density at radius 1 is 1.21 bits per heavy atom. The fourth-order valence-electron chi connectivity index (χ4n) is 3.65. The van der Waals surface area contributed by atoms with Gasteiger partial charge >= 0.3 is 5.97 Å². The van der Waals surface area contributed by atoms with Crippen molar-refractivity contribution in [1.29, 1.82) is 0 Å². The number of aryl methyl sites for hydroxylation is 1. The number of fused-ring (bicyclic) bond motifs is 3. The molecule has 2 aromatic carbocycles. The van der Waals surface area contributed by atoms with E-state index in [9.17, 15) is 9.59 Å². The van der Waals surface area contributed by atoms with E-state index in [1.54, 1.807) is 12.1 Å². The van der Waals surface area contributed by atoms with Crippen molar-refractivity contribution in [1.82, 2.24) is 4.57 Å². The summed E-state index contributed by atoms with van der Waals surface area (Å²) in [5.41, 5.74) is 8.99. The number of hydrogen-bond donors (Lipinski definition) is 2. The molecule has 0 bridgehead atoms. The van der Waals surface area contributed by atoms with Crippen LogP contribution in [0.25, 0.3) is 21.8 Å². The number of nitrogens with zero attached hydrogens (tertiary/aromatic N) is 1. The number of aliphatic carboxylic acids is 1. The summed E-state index contributed by atoms with van der Waals surface area (Å²) >= 11 is 0. The van der Waals surface area contributed by atoms with Gasteiger partial charge in [0, 0.05) is 17.5 Å². The first-order valence-corrected chi connectivity index (χ1v) is 9.31. The van der Waals surface area contributed by atoms with Gasteiger partial charge in [0.2, 0.25) is 5.91 Å². The minimum atomic E-state index is -1.06. The van der Waals surface area contributed by atoms with Gasteiger partial charge in [-0.25, -0.2) is 4.79 Å². The number of amides is 1. The van der Waals surface area contributed by atoms with Crippen molar-refractivity contribution in [3.8, 4) is 5.75 Å². The number of rotatable bonds is 8. The Balaban J connectivity index is 2.47. The number of benzene rings is 2. The lowest BCUT2D eigenvalue weighted by atomic mass is 10.0. The van der Waals surface area contributed by atoms with E-state index in [1.807, 2.05) is 37.3 Å². The van der Waals surface area contributed by atoms with Crippen molar-refractivity contribution in [3.05, 3.63) is 53.6 Å². The molecule has 1 amide bonds. The van der Waals surface area contributed by atoms with Crippen LogP contribution in [0, 0.1) is 0 Å². The van der Waals surface area contributed by atoms with Gasteiger partial charge in [0.15, 0.2) is 6.61 Å². The second-order valence-corrected chi connectivity index (χ2v) is 6.62. The lowest BCUT2D eigenvalue weighted by molar-refractivity contribution is -0.139. The molecule has 1 aromatic heterocycles. The van der Waals surface area contributed by atoms with E-state index >= 15 is 0 Å². The number of carboxylic acids is 1. The van der Waals surface area contributed by atoms with E-state index in [4.69, 9.17) is 15.6 Å². The maximum absolute atomic E-state index is 12.1. The number of primary amides is 1. The molecule has 6 nitrogen and oxygen atoms in total. The summed E-state index contributed by atoms with van der Waals surface area (Å²) in [4.78, 5) is 23.2. The van der Waals surface area contributed by atoms with Gasteiger partial charge in [-0.2, -0.15) is 0 Å². The molecule has 0 aliphatic carbocycles. The molecular formula is C22H24N2O4. The molecule has 0 fully saturated rings. The summed E-state index contributed by atoms with van der Waals surface area (Å²) in [5, 5.41) is 10.5. The number of allylic oxidation sites excluding steroid dienone is 2. The summed E-state index contributed by atoms with van der Waals surface area (Å²) in [7, 11) is 0. The number of carbonyl (C=O) groups is 2. The highest BCUT2D eigenvalue weighted by atomic mass is 16.5. The fourth-order valence-corrected chi connectivity index (χ4v) is 3.65. The first-order valence-electron chi connectivity index (χ1n) is 9.31. The molecular weight excluding hydrogens is 356 g/mol. The zero-order valence-electron chi connectivity index (χ0n) is 16.1. The van der Waals surface area contributed by atoms with E-state index in [0.717, 1.165) is 34.8 Å². The Morgan fingerprint density at radius 3 is 2.64 bits per heavy atom. The van der Waals surface area contributed by atoms with Gasteiger partial charge in [0.25, 0.3) is 0 Å². The lowest BCUT2D eigenvalue weighted by Crippen LogP contribution is -2.11. The maximum atomic E-state index is 12.1. The number of carboxylic acid groups (broad SMARTS) is 1. The van der Waals surface area contributed by atoms with Crippen LogP contribution >= 0.6 is 0 Å². The highest BCUT2D eigenvalue weighted by Crippen LogP contribution is 2.40. The maximum Gasteiger partial charge on any atom is 0.341 e. The predicted molar refractivity (Wildman–Crippen MR) is 110 cm³/mol. The van der Waals surface area contributed by atoms with Crippen LogP contribution in [0.3, 0.4) is 0 Å². The Bertz CT molecular complexity index is 1080. The second-order valence-electron chi connectivity index (χ2n) is 6.62. The molecule has 0 aliphatic rings. The largest absolute Gasteiger partial charge is 0.481 e. The monoisotopic (exact) mass is 380 g/mol. The van der Waals surface area contributed by atoms with Crippen molar-refractivity contribution in [2.75, 3.05) is 6.61 Å². The summed E-state index contributed by atoms with van der Waals surface area (Å²) < 4.78 is 7.73. The molecule has 3 N–H and O–H groups in total. The van der Waals surface area contributed by atoms with Crippen LogP contribution in [0.5, 0.6) is 5.75 Å². The Morgan fingerprint density at radius 2 is 2.00 bits per heavy atom. The first-order chi connectivity index (χ1) is 13.5. The molecule has 6 heteroatoms. The van der Waals surface area contributed by atoms with E-state index in [0.29, 0.717) is 23.2 Å². The highest BCUT2D eigenvalue weighted by Gasteiger charge is 2.21. The number of ether oxygens (including phenoxy) is 1. The lowest BCUT2D eigenvalue weighted by Gasteiger charge is -2.11. The van der Waals surface area contributed by atoms with Crippen molar-refractivity contribution in [2.45, 2.75) is 33.2 Å². The van der Waals surface area contributed by atoms with Gasteiger partial charge in [-0.05, 0) is 37.1 Å². The van der Waals surface area contributed by atoms with Gasteiger partial charge in [-0.3, -0.25) is 4.79 Å². The molecule has 0 saturated heterocycles. The summed E-state index contributed by atoms with van der Waals surface area (Å²) in [5.74, 6) is -1.14. The molecule has 0 unspecified atom stereocenters. The van der Waals surface area contributed by atoms with Crippen LogP contribution in [0.2, 0.25) is 0 Å². The Labute approximate surface area is 163 Å². The third-order valence-corrected chi connectivity index (χ3v) is 4.74. The van der Waals surface area contributed by atoms with Crippen molar-refractivity contribution < 1.29 is 19.4 Å². The van der Waals surface area contributed by atoms with E-state index in [2.05, 4.69) is 11.5 Å². The number of hydrogen-bond acceptors (Lipinski definition) is 3. The highest BCUT2D eigenvalue weighted by molar-refractivity contribution is 6.20. The van der Waals surface area contributed by atoms with E-state index in [-0.39, 0.29) is 0 Å². The average molecular weight is 380 g/mol. The molecule has 28 heavy (non-hydrogen) atoms. The SMILES string of the molecule is C/C=C/Cn1c2cccc(C(N)=O)c2c2c(OCC(=O)O)ccc(CCC)c21. The Hall–Kier alpha value is -3.28. The molecule has 0 saturated carbocycles. The fraction of sp³-hybridized carbons (Fsp3) is 0.273. The molecule has 3 rings (SSSR count). The zero-order chi connectivity index (χ0) is 20.3. The van der Waals surface area contributed by atoms with Crippen LogP contribution in [0.15, 0.2) is 42.5 Å². The normalized spacial score (nSPS) is 11.5. The van der Waals surface area contributed by atoms with Gasteiger partial charge in [0.05, 0.1) is 16.4 Å². The second kappa shape index (κ2) is 8.17. The summed E-state index contributed by atoms with van der Waals surface area (Å²) in [6.45, 7) is 4.23. The quantitative estimate of drug-likeness (QED) is 0.580. The zero-order valence-corrected chi connectivity index (χ0v) is 16.1. The van der Waals surface area contributed by atoms with Crippen molar-refractivity contribution in [2.24, 2.45) is 5.73 Å². The van der Waals surface area contributed by atoms with Gasteiger partial charge in [-0.15, -0.1) is 0 Å². The smallest absolute Gasteiger partial charge is 0.341 e. The predicted octanol–water partition coefficient (Wildman–Crippen LogP) is 3.89. The van der Waals surface area contributed by atoms with Crippen LogP contribution in [0.4, 0.5) is 0 Å². The third kappa shape index (κ3) is 3.45. The summed E-state index contributed by atoms with van der Waals surface area (Å²) in [6, 6.07) is 9.20. The number of nitrogens with two attached hydrogens (primary N) is 1. The molecule has 0 spiro atoms. The van der Waals surface area contributed by atoms with Gasteiger partial charge in [-0.1, -0.05) is 37.6 Å². The first kappa shape index (κ1) is 19.5. The average Bonchev–Trinajstić information content (AvgIpc) is 3.00. The third-order valence-electron chi connectivity index (χ3n) is 4.74. The van der Waals surface area contributed by atoms with E-state index < -0.39 is 18.5 Å². The van der Waals surface area contributed by atoms with Gasteiger partial charge < -0.3 is 20.1 Å². The van der Waals surface area contributed by atoms with Crippen molar-refractivity contribution >= 4 is 33.7 Å². The minimum Gasteiger partial charge on any atom is -0.481 e. The van der Waals surface area contributed by atoms with Crippen LogP contribution < -0.4 is 10.5 Å². The standard InChI is InChI=1S/C22H24N2O4/c1-3-5-12-24-16-9-6-8-15(22(23)27)19(16)20-17(28-13-18(25)26)11-10-14(7-4-2)21(20)24/h3,5-6,8-11H,4,7,12-13H2,1-2H3,(H2,23,27)(H,25,26)/b5-3+. The molecule has 0 atom stereocenters. The molecule has 0 aliphatic heterocycles. The van der Waals surface area contributed by atoms with Crippen LogP contribution in [-0.4, -0.2) is 28.2 Å². The molecule has 1 heterocycles. The van der Waals surface area contributed by atoms with E-state index in [1.165, 1.54) is 0 Å².